The Hall–Kier alpha value is -3.21. The molecule has 0 aliphatic carbocycles. The van der Waals surface area contributed by atoms with Crippen LogP contribution in [0.1, 0.15) is 12.8 Å². The summed E-state index contributed by atoms with van der Waals surface area (Å²) in [4.78, 5) is 22.6. The molecule has 11 heteroatoms. The summed E-state index contributed by atoms with van der Waals surface area (Å²) in [7, 11) is 3.23. The average Bonchev–Trinajstić information content (AvgIpc) is 2.76. The average molecular weight is 426 g/mol. The number of guanidine groups is 1. The highest BCUT2D eigenvalue weighted by molar-refractivity contribution is 6.27. The van der Waals surface area contributed by atoms with Crippen molar-refractivity contribution in [1.82, 2.24) is 16.0 Å². The lowest BCUT2D eigenvalue weighted by molar-refractivity contribution is -0.159. The van der Waals surface area contributed by atoms with Crippen LogP contribution in [0.25, 0.3) is 0 Å². The molecule has 30 heavy (non-hydrogen) atoms. The molecular weight excluding hydrogens is 396 g/mol. The van der Waals surface area contributed by atoms with Gasteiger partial charge in [0, 0.05) is 26.2 Å². The van der Waals surface area contributed by atoms with Crippen LogP contribution in [0.4, 0.5) is 0 Å². The van der Waals surface area contributed by atoms with Gasteiger partial charge in [-0.1, -0.05) is 6.07 Å². The third-order valence-corrected chi connectivity index (χ3v) is 3.81. The molecule has 0 bridgehead atoms. The number of aliphatic carboxylic acids is 2. The van der Waals surface area contributed by atoms with Crippen LogP contribution < -0.4 is 30.2 Å². The topological polar surface area (TPSA) is 151 Å². The normalized spacial score (nSPS) is 12.4. The van der Waals surface area contributed by atoms with Crippen molar-refractivity contribution in [2.75, 3.05) is 53.6 Å². The predicted octanol–water partition coefficient (Wildman–Crippen LogP) is 0.157. The SMILES string of the molecule is COc1cccc(OCCNCCCNC2=NCCCN2)c1OC.O=C(O)C(=O)O. The molecule has 1 heterocycles. The lowest BCUT2D eigenvalue weighted by atomic mass is 10.3. The summed E-state index contributed by atoms with van der Waals surface area (Å²) in [6.45, 7) is 5.11. The number of rotatable bonds is 10. The monoisotopic (exact) mass is 426 g/mol. The third-order valence-electron chi connectivity index (χ3n) is 3.81. The molecule has 2 rings (SSSR count). The Morgan fingerprint density at radius 3 is 2.43 bits per heavy atom. The fraction of sp³-hybridized carbons (Fsp3) is 0.526. The molecule has 0 spiro atoms. The smallest absolute Gasteiger partial charge is 0.414 e. The van der Waals surface area contributed by atoms with Gasteiger partial charge in [0.2, 0.25) is 5.75 Å². The molecule has 11 nitrogen and oxygen atoms in total. The van der Waals surface area contributed by atoms with E-state index in [4.69, 9.17) is 34.0 Å². The minimum absolute atomic E-state index is 0.575. The number of hydrogen-bond donors (Lipinski definition) is 5. The summed E-state index contributed by atoms with van der Waals surface area (Å²) in [5.74, 6) is -0.723. The highest BCUT2D eigenvalue weighted by atomic mass is 16.5. The van der Waals surface area contributed by atoms with Gasteiger partial charge in [-0.2, -0.15) is 0 Å². The fourth-order valence-electron chi connectivity index (χ4n) is 2.40. The molecule has 5 N–H and O–H groups in total. The van der Waals surface area contributed by atoms with E-state index in [0.29, 0.717) is 23.9 Å². The molecule has 168 valence electrons. The molecule has 1 aromatic carbocycles. The van der Waals surface area contributed by atoms with Crippen LogP contribution in [0.5, 0.6) is 17.2 Å². The van der Waals surface area contributed by atoms with E-state index in [1.54, 1.807) is 14.2 Å². The van der Waals surface area contributed by atoms with E-state index >= 15 is 0 Å². The number of hydrogen-bond acceptors (Lipinski definition) is 9. The van der Waals surface area contributed by atoms with E-state index < -0.39 is 11.9 Å². The number of carbonyl (C=O) groups is 2. The maximum Gasteiger partial charge on any atom is 0.414 e. The number of carboxylic acids is 2. The van der Waals surface area contributed by atoms with E-state index in [0.717, 1.165) is 51.5 Å². The molecule has 0 amide bonds. The summed E-state index contributed by atoms with van der Waals surface area (Å²) >= 11 is 0. The highest BCUT2D eigenvalue weighted by Gasteiger charge is 2.10. The van der Waals surface area contributed by atoms with Gasteiger partial charge in [-0.05, 0) is 31.5 Å². The van der Waals surface area contributed by atoms with Crippen LogP contribution in [0.15, 0.2) is 23.2 Å². The zero-order valence-electron chi connectivity index (χ0n) is 17.3. The van der Waals surface area contributed by atoms with Crippen molar-refractivity contribution in [2.45, 2.75) is 12.8 Å². The van der Waals surface area contributed by atoms with Crippen molar-refractivity contribution in [3.63, 3.8) is 0 Å². The Balaban J connectivity index is 0.000000656. The number of benzene rings is 1. The molecule has 0 saturated carbocycles. The minimum atomic E-state index is -1.82. The molecular formula is C19H30N4O7. The van der Waals surface area contributed by atoms with Gasteiger partial charge in [0.05, 0.1) is 14.2 Å². The Morgan fingerprint density at radius 2 is 1.83 bits per heavy atom. The lowest BCUT2D eigenvalue weighted by Gasteiger charge is -2.16. The molecule has 1 aliphatic heterocycles. The maximum absolute atomic E-state index is 9.10. The summed E-state index contributed by atoms with van der Waals surface area (Å²) in [5.41, 5.74) is 0. The van der Waals surface area contributed by atoms with Crippen molar-refractivity contribution < 1.29 is 34.0 Å². The number of methoxy groups -OCH3 is 2. The quantitative estimate of drug-likeness (QED) is 0.258. The summed E-state index contributed by atoms with van der Waals surface area (Å²) in [5, 5.41) is 24.7. The third kappa shape index (κ3) is 9.82. The van der Waals surface area contributed by atoms with Gasteiger partial charge < -0.3 is 40.4 Å². The fourth-order valence-corrected chi connectivity index (χ4v) is 2.40. The van der Waals surface area contributed by atoms with Gasteiger partial charge in [0.1, 0.15) is 6.61 Å². The van der Waals surface area contributed by atoms with Gasteiger partial charge in [-0.15, -0.1) is 0 Å². The molecule has 0 atom stereocenters. The first-order valence-corrected chi connectivity index (χ1v) is 9.52. The number of carboxylic acid groups (broad SMARTS) is 2. The van der Waals surface area contributed by atoms with Crippen molar-refractivity contribution in [1.29, 1.82) is 0 Å². The molecule has 0 aromatic heterocycles. The highest BCUT2D eigenvalue weighted by Crippen LogP contribution is 2.36. The summed E-state index contributed by atoms with van der Waals surface area (Å²) in [6.07, 6.45) is 2.15. The van der Waals surface area contributed by atoms with Crippen LogP contribution in [0.3, 0.4) is 0 Å². The molecule has 0 radical (unpaired) electrons. The molecule has 0 fully saturated rings. The van der Waals surface area contributed by atoms with Gasteiger partial charge in [0.15, 0.2) is 17.5 Å². The number of nitrogens with zero attached hydrogens (tertiary/aromatic N) is 1. The van der Waals surface area contributed by atoms with Gasteiger partial charge >= 0.3 is 11.9 Å². The zero-order valence-corrected chi connectivity index (χ0v) is 17.3. The maximum atomic E-state index is 9.10. The lowest BCUT2D eigenvalue weighted by Crippen LogP contribution is -2.41. The summed E-state index contributed by atoms with van der Waals surface area (Å²) in [6, 6.07) is 5.61. The second kappa shape index (κ2) is 14.7. The minimum Gasteiger partial charge on any atom is -0.493 e. The van der Waals surface area contributed by atoms with E-state index in [2.05, 4.69) is 20.9 Å². The Bertz CT molecular complexity index is 685. The van der Waals surface area contributed by atoms with E-state index in [1.807, 2.05) is 18.2 Å². The van der Waals surface area contributed by atoms with E-state index in [1.165, 1.54) is 0 Å². The Labute approximate surface area is 175 Å². The van der Waals surface area contributed by atoms with E-state index in [9.17, 15) is 0 Å². The summed E-state index contributed by atoms with van der Waals surface area (Å²) < 4.78 is 16.4. The second-order valence-electron chi connectivity index (χ2n) is 5.99. The standard InChI is InChI=1S/C17H28N4O3.C2H2O4/c1-22-14-6-3-7-15(16(14)23-2)24-13-12-18-8-4-9-19-17-20-10-5-11-21-17;3-1(4)2(5)6/h3,6-7,18H,4-5,8-13H2,1-2H3,(H2,19,20,21);(H,3,4)(H,5,6). The van der Waals surface area contributed by atoms with Crippen LogP contribution >= 0.6 is 0 Å². The number of nitrogens with one attached hydrogen (secondary N) is 3. The predicted molar refractivity (Wildman–Crippen MR) is 111 cm³/mol. The largest absolute Gasteiger partial charge is 0.493 e. The molecule has 1 aromatic rings. The van der Waals surface area contributed by atoms with Crippen molar-refractivity contribution in [2.24, 2.45) is 4.99 Å². The van der Waals surface area contributed by atoms with Crippen LogP contribution in [0, 0.1) is 0 Å². The Morgan fingerprint density at radius 1 is 1.10 bits per heavy atom. The molecule has 0 saturated heterocycles. The first kappa shape index (κ1) is 24.8. The van der Waals surface area contributed by atoms with E-state index in [-0.39, 0.29) is 0 Å². The number of aliphatic imine (C=N–C) groups is 1. The first-order chi connectivity index (χ1) is 14.5. The van der Waals surface area contributed by atoms with Gasteiger partial charge in [0.25, 0.3) is 0 Å². The number of para-hydroxylation sites is 1. The Kier molecular flexibility index (Phi) is 12.2. The molecule has 1 aliphatic rings. The van der Waals surface area contributed by atoms with Crippen LogP contribution in [-0.4, -0.2) is 81.7 Å². The number of ether oxygens (including phenoxy) is 3. The van der Waals surface area contributed by atoms with Crippen molar-refractivity contribution in [3.8, 4) is 17.2 Å². The zero-order chi connectivity index (χ0) is 22.2. The molecule has 0 unspecified atom stereocenters. The van der Waals surface area contributed by atoms with Crippen molar-refractivity contribution >= 4 is 17.9 Å². The van der Waals surface area contributed by atoms with Gasteiger partial charge in [-0.25, -0.2) is 9.59 Å². The van der Waals surface area contributed by atoms with Crippen LogP contribution in [-0.2, 0) is 9.59 Å². The second-order valence-corrected chi connectivity index (χ2v) is 5.99. The van der Waals surface area contributed by atoms with Crippen molar-refractivity contribution in [3.05, 3.63) is 18.2 Å². The van der Waals surface area contributed by atoms with Gasteiger partial charge in [-0.3, -0.25) is 4.99 Å². The first-order valence-electron chi connectivity index (χ1n) is 9.52. The van der Waals surface area contributed by atoms with Crippen LogP contribution in [0.2, 0.25) is 0 Å².